The molecule has 4 rings (SSSR count). The molecule has 0 radical (unpaired) electrons. The van der Waals surface area contributed by atoms with Gasteiger partial charge in [-0.1, -0.05) is 37.3 Å². The van der Waals surface area contributed by atoms with Gasteiger partial charge in [-0.15, -0.1) is 5.10 Å². The van der Waals surface area contributed by atoms with Crippen molar-refractivity contribution in [3.8, 4) is 11.5 Å². The smallest absolute Gasteiger partial charge is 0.540 e. The van der Waals surface area contributed by atoms with Crippen LogP contribution in [0.4, 0.5) is 0 Å². The first-order chi connectivity index (χ1) is 14.5. The van der Waals surface area contributed by atoms with Crippen LogP contribution in [0.25, 0.3) is 21.7 Å². The van der Waals surface area contributed by atoms with Gasteiger partial charge in [-0.2, -0.15) is 17.8 Å². The summed E-state index contributed by atoms with van der Waals surface area (Å²) in [5, 5.41) is 17.8. The van der Waals surface area contributed by atoms with Crippen molar-refractivity contribution in [3.05, 3.63) is 67.2 Å². The minimum Gasteiger partial charge on any atom is -0.540 e. The second-order valence-electron chi connectivity index (χ2n) is 6.98. The van der Waals surface area contributed by atoms with E-state index in [1.54, 1.807) is 35.9 Å². The molecular weight excluding hydrogens is 407 g/mol. The number of furan rings is 1. The van der Waals surface area contributed by atoms with E-state index in [0.717, 1.165) is 10.5 Å². The minimum absolute atomic E-state index is 0. The fourth-order valence-electron chi connectivity index (χ4n) is 2.66. The Kier molecular flexibility index (Phi) is 9.53. The van der Waals surface area contributed by atoms with Crippen LogP contribution in [0.5, 0.6) is 0 Å². The number of aromatic nitrogens is 4. The molecule has 9 heteroatoms. The largest absolute Gasteiger partial charge is 1.00 e. The van der Waals surface area contributed by atoms with Crippen LogP contribution in [0.1, 0.15) is 31.3 Å². The molecule has 0 spiro atoms. The summed E-state index contributed by atoms with van der Waals surface area (Å²) in [5.74, 6) is 0.767. The molecule has 158 valence electrons. The molecule has 3 aromatic heterocycles. The van der Waals surface area contributed by atoms with Crippen molar-refractivity contribution in [1.29, 1.82) is 0 Å². The van der Waals surface area contributed by atoms with E-state index in [-0.39, 0.29) is 24.8 Å². The number of hydrogen-bond acceptors (Lipinski definition) is 7. The van der Waals surface area contributed by atoms with Crippen molar-refractivity contribution in [2.24, 2.45) is 5.92 Å². The second kappa shape index (κ2) is 11.9. The summed E-state index contributed by atoms with van der Waals surface area (Å²) in [5.41, 5.74) is 1.63. The van der Waals surface area contributed by atoms with Gasteiger partial charge in [-0.3, -0.25) is 9.67 Å². The van der Waals surface area contributed by atoms with Gasteiger partial charge >= 0.3 is 18.9 Å². The van der Waals surface area contributed by atoms with Gasteiger partial charge in [0, 0.05) is 0 Å². The summed E-state index contributed by atoms with van der Waals surface area (Å²) in [7, 11) is 0. The van der Waals surface area contributed by atoms with Crippen molar-refractivity contribution < 1.29 is 33.2 Å². The average molecular weight is 430 g/mol. The number of carbonyl (C=O) groups excluding carboxylic acids is 1. The molecule has 3 heterocycles. The Morgan fingerprint density at radius 2 is 2.06 bits per heavy atom. The van der Waals surface area contributed by atoms with Crippen molar-refractivity contribution in [1.82, 2.24) is 20.0 Å². The molecule has 1 aromatic carbocycles. The number of para-hydroxylation sites is 1. The Labute approximate surface area is 197 Å². The summed E-state index contributed by atoms with van der Waals surface area (Å²) in [4.78, 5) is 15.2. The van der Waals surface area contributed by atoms with E-state index in [1.165, 1.54) is 9.38 Å². The standard InChI is InChI=1S/C11H12N3O2.C11H11NOS.Li/c1-8(2)10(7-15)14-6-9(12-13-14)11-4-3-5-16-11;1-8(13)6-7-11-12-9-4-2-3-5-10(9)14-11;/h3-6,8,10H,1-2H3;2-5,7-8,13H,1,6H2;/q-1;-2;+1/t10-;8-;/m10./s1. The molecule has 4 aromatic rings. The average Bonchev–Trinajstić information content (AvgIpc) is 3.46. The third-order valence-corrected chi connectivity index (χ3v) is 5.23. The quantitative estimate of drug-likeness (QED) is 0.351. The maximum atomic E-state index is 10.8. The van der Waals surface area contributed by atoms with E-state index in [4.69, 9.17) is 9.52 Å². The number of rotatable bonds is 7. The van der Waals surface area contributed by atoms with Crippen LogP contribution >= 0.6 is 11.3 Å². The minimum atomic E-state index is -0.540. The van der Waals surface area contributed by atoms with Crippen molar-refractivity contribution >= 4 is 27.8 Å². The van der Waals surface area contributed by atoms with Gasteiger partial charge in [-0.25, -0.2) is 6.29 Å². The molecule has 0 aliphatic rings. The third-order valence-electron chi connectivity index (χ3n) is 4.20. The topological polar surface area (TPSA) is 94.0 Å². The zero-order valence-corrected chi connectivity index (χ0v) is 18.6. The van der Waals surface area contributed by atoms with Crippen LogP contribution in [0.3, 0.4) is 0 Å². The molecule has 0 amide bonds. The zero-order valence-electron chi connectivity index (χ0n) is 17.8. The fourth-order valence-corrected chi connectivity index (χ4v) is 3.57. The first kappa shape index (κ1) is 24.9. The van der Waals surface area contributed by atoms with E-state index in [9.17, 15) is 4.79 Å². The van der Waals surface area contributed by atoms with Crippen LogP contribution < -0.4 is 18.9 Å². The molecule has 0 unspecified atom stereocenters. The molecule has 1 N–H and O–H groups in total. The molecule has 0 aliphatic carbocycles. The number of hydrogen-bond donors (Lipinski definition) is 1. The Balaban J connectivity index is 0.000000215. The van der Waals surface area contributed by atoms with E-state index in [2.05, 4.69) is 22.2 Å². The molecule has 0 fully saturated rings. The molecule has 0 saturated carbocycles. The summed E-state index contributed by atoms with van der Waals surface area (Å²) < 4.78 is 7.88. The fraction of sp³-hybridized carbons (Fsp3) is 0.273. The SMILES string of the molecule is CC(C)[C@@H]([C-]=O)n1cc(-c2ccco2)nn1.[CH2-][C@H](O)C[CH-]c1nc2ccccc2s1.[Li+]. The van der Waals surface area contributed by atoms with Crippen molar-refractivity contribution in [3.63, 3.8) is 0 Å². The zero-order chi connectivity index (χ0) is 21.5. The number of aliphatic hydroxyl groups is 1. The Hall–Kier alpha value is -2.37. The number of benzene rings is 1. The molecule has 7 nitrogen and oxygen atoms in total. The summed E-state index contributed by atoms with van der Waals surface area (Å²) in [6, 6.07) is 11.2. The van der Waals surface area contributed by atoms with E-state index in [1.807, 2.05) is 50.8 Å². The van der Waals surface area contributed by atoms with Gasteiger partial charge in [0.25, 0.3) is 0 Å². The number of nitrogens with zero attached hydrogens (tertiary/aromatic N) is 4. The van der Waals surface area contributed by atoms with Crippen molar-refractivity contribution in [2.45, 2.75) is 32.4 Å². The van der Waals surface area contributed by atoms with Crippen LogP contribution in [0, 0.1) is 19.3 Å². The Morgan fingerprint density at radius 1 is 1.29 bits per heavy atom. The van der Waals surface area contributed by atoms with Crippen molar-refractivity contribution in [2.75, 3.05) is 0 Å². The first-order valence-corrected chi connectivity index (χ1v) is 10.3. The number of thiazole rings is 1. The second-order valence-corrected chi connectivity index (χ2v) is 8.04. The van der Waals surface area contributed by atoms with E-state index < -0.39 is 12.1 Å². The van der Waals surface area contributed by atoms with Gasteiger partial charge in [0.05, 0.1) is 22.7 Å². The summed E-state index contributed by atoms with van der Waals surface area (Å²) in [6.45, 7) is 7.38. The maximum Gasteiger partial charge on any atom is 1.00 e. The van der Waals surface area contributed by atoms with Gasteiger partial charge in [0.2, 0.25) is 0 Å². The Morgan fingerprint density at radius 3 is 2.68 bits per heavy atom. The van der Waals surface area contributed by atoms with Gasteiger partial charge in [-0.05, 0) is 41.2 Å². The third kappa shape index (κ3) is 6.81. The van der Waals surface area contributed by atoms with E-state index in [0.29, 0.717) is 17.9 Å². The molecule has 31 heavy (non-hydrogen) atoms. The predicted molar refractivity (Wildman–Crippen MR) is 116 cm³/mol. The van der Waals surface area contributed by atoms with Crippen LogP contribution in [0.15, 0.2) is 53.3 Å². The number of fused-ring (bicyclic) bond motifs is 1. The maximum absolute atomic E-state index is 10.8. The summed E-state index contributed by atoms with van der Waals surface area (Å²) in [6.07, 6.45) is 7.15. The van der Waals surface area contributed by atoms with Crippen LogP contribution in [-0.4, -0.2) is 37.5 Å². The molecular formula is C22H23LiN4O3S-2. The van der Waals surface area contributed by atoms with Gasteiger partial charge in [0.1, 0.15) is 5.69 Å². The van der Waals surface area contributed by atoms with Gasteiger partial charge in [0.15, 0.2) is 5.76 Å². The Bertz CT molecular complexity index is 1030. The number of aliphatic hydroxyl groups excluding tert-OH is 1. The molecule has 2 atom stereocenters. The molecule has 0 aliphatic heterocycles. The predicted octanol–water partition coefficient (Wildman–Crippen LogP) is 1.28. The summed E-state index contributed by atoms with van der Waals surface area (Å²) >= 11 is 1.63. The monoisotopic (exact) mass is 430 g/mol. The normalized spacial score (nSPS) is 12.5. The van der Waals surface area contributed by atoms with E-state index >= 15 is 0 Å². The molecule has 0 saturated heterocycles. The first-order valence-electron chi connectivity index (χ1n) is 9.51. The van der Waals surface area contributed by atoms with Crippen LogP contribution in [-0.2, 0) is 4.79 Å². The molecule has 0 bridgehead atoms. The van der Waals surface area contributed by atoms with Crippen LogP contribution in [0.2, 0.25) is 0 Å². The van der Waals surface area contributed by atoms with Gasteiger partial charge < -0.3 is 27.7 Å².